The van der Waals surface area contributed by atoms with Crippen LogP contribution in [0.25, 0.3) is 61.6 Å². The van der Waals surface area contributed by atoms with E-state index in [1.807, 2.05) is 36.4 Å². The Morgan fingerprint density at radius 1 is 0.706 bits per heavy atom. The Morgan fingerprint density at radius 3 is 2.12 bits per heavy atom. The molecule has 6 heteroatoms. The van der Waals surface area contributed by atoms with E-state index >= 15 is 0 Å². The maximum atomic E-state index is 12.2. The molecule has 0 fully saturated rings. The molecule has 0 atom stereocenters. The summed E-state index contributed by atoms with van der Waals surface area (Å²) in [6.45, 7) is 13.0. The number of phenols is 1. The van der Waals surface area contributed by atoms with E-state index in [1.165, 1.54) is 0 Å². The fraction of sp³-hybridized carbons (Fsp3) is 0.178. The van der Waals surface area contributed by atoms with Crippen molar-refractivity contribution >= 4 is 11.0 Å². The smallest absolute Gasteiger partial charge is 0.148 e. The predicted molar refractivity (Wildman–Crippen MR) is 203 cm³/mol. The summed E-state index contributed by atoms with van der Waals surface area (Å²) >= 11 is 0. The number of para-hydroxylation sites is 2. The summed E-state index contributed by atoms with van der Waals surface area (Å²) in [6, 6.07) is 44.4. The van der Waals surface area contributed by atoms with Gasteiger partial charge in [-0.05, 0) is 46.2 Å². The molecule has 0 saturated carbocycles. The second-order valence-corrected chi connectivity index (χ2v) is 14.8. The zero-order valence-corrected chi connectivity index (χ0v) is 31.9. The molecule has 7 aromatic rings. The van der Waals surface area contributed by atoms with Crippen LogP contribution in [0, 0.1) is 17.4 Å². The molecule has 0 aliphatic carbocycles. The molecule has 0 radical (unpaired) electrons. The third kappa shape index (κ3) is 6.77. The Bertz CT molecular complexity index is 2430. The number of phenolic OH excluding ortho intramolecular Hbond substituents is 1. The molecule has 2 aromatic heterocycles. The largest absolute Gasteiger partial charge is 0.507 e. The standard InChI is InChI=1S/C45H39N4O.Pt/c1-44(2,3)33-26-36(42(50)37(27-33)45(4,5)6)43-48-41-35(31-16-12-17-32(25-31)38-24-29(28-46)22-23-47-38)19-13-21-40(41)49(43)39-20-11-10-18-34(39)30-14-8-7-9-15-30;/h7-24,26-27,50H,1-6H3;/q-1;. The number of nitriles is 1. The summed E-state index contributed by atoms with van der Waals surface area (Å²) in [7, 11) is 0. The van der Waals surface area contributed by atoms with Crippen LogP contribution in [-0.4, -0.2) is 19.6 Å². The van der Waals surface area contributed by atoms with Crippen LogP contribution in [-0.2, 0) is 31.9 Å². The first kappa shape index (κ1) is 35.5. The van der Waals surface area contributed by atoms with Gasteiger partial charge in [0.1, 0.15) is 11.6 Å². The van der Waals surface area contributed by atoms with Crippen molar-refractivity contribution in [3.63, 3.8) is 0 Å². The van der Waals surface area contributed by atoms with Crippen molar-refractivity contribution in [1.29, 1.82) is 5.26 Å². The zero-order valence-electron chi connectivity index (χ0n) is 29.6. The van der Waals surface area contributed by atoms with Crippen molar-refractivity contribution in [2.45, 2.75) is 52.4 Å². The van der Waals surface area contributed by atoms with Crippen molar-refractivity contribution in [2.24, 2.45) is 0 Å². The monoisotopic (exact) mass is 846 g/mol. The number of aromatic nitrogens is 3. The second-order valence-electron chi connectivity index (χ2n) is 14.8. The second kappa shape index (κ2) is 13.8. The molecule has 51 heavy (non-hydrogen) atoms. The van der Waals surface area contributed by atoms with Gasteiger partial charge in [-0.15, -0.1) is 29.8 Å². The number of fused-ring (bicyclic) bond motifs is 1. The van der Waals surface area contributed by atoms with E-state index in [4.69, 9.17) is 4.98 Å². The molecular formula is C45H39N4OPt-. The molecule has 0 unspecified atom stereocenters. The molecule has 5 aromatic carbocycles. The van der Waals surface area contributed by atoms with Gasteiger partial charge in [-0.2, -0.15) is 5.26 Å². The van der Waals surface area contributed by atoms with Gasteiger partial charge in [-0.1, -0.05) is 125 Å². The summed E-state index contributed by atoms with van der Waals surface area (Å²) in [4.78, 5) is 9.96. The van der Waals surface area contributed by atoms with Gasteiger partial charge >= 0.3 is 0 Å². The SMILES string of the molecule is CC(C)(C)c1cc(-c2nc3c(-c4[c-]c(-c5cc(C#N)ccn5)ccc4)cccc3n2-c2ccccc2-c2ccccc2)c(O)c(C(C)(C)C)c1.[Pt]. The number of nitrogens with zero attached hydrogens (tertiary/aromatic N) is 4. The number of pyridine rings is 1. The van der Waals surface area contributed by atoms with Crippen molar-refractivity contribution in [3.05, 3.63) is 144 Å². The van der Waals surface area contributed by atoms with Crippen molar-refractivity contribution in [2.75, 3.05) is 0 Å². The van der Waals surface area contributed by atoms with Gasteiger partial charge in [0.15, 0.2) is 0 Å². The number of imidazole rings is 1. The molecule has 0 saturated heterocycles. The molecule has 0 bridgehead atoms. The van der Waals surface area contributed by atoms with Crippen molar-refractivity contribution < 1.29 is 26.2 Å². The molecule has 0 aliphatic rings. The summed E-state index contributed by atoms with van der Waals surface area (Å²) in [6.07, 6.45) is 1.65. The van der Waals surface area contributed by atoms with Gasteiger partial charge in [0.2, 0.25) is 0 Å². The third-order valence-corrected chi connectivity index (χ3v) is 9.19. The van der Waals surface area contributed by atoms with Crippen LogP contribution in [0.2, 0.25) is 0 Å². The summed E-state index contributed by atoms with van der Waals surface area (Å²) in [5.41, 5.74) is 10.8. The Balaban J connectivity index is 0.00000448. The molecular weight excluding hydrogens is 808 g/mol. The zero-order chi connectivity index (χ0) is 35.2. The summed E-state index contributed by atoms with van der Waals surface area (Å²) in [5.74, 6) is 0.891. The number of hydrogen-bond acceptors (Lipinski definition) is 4. The Kier molecular flexibility index (Phi) is 9.60. The molecule has 0 aliphatic heterocycles. The number of benzene rings is 5. The molecule has 256 valence electrons. The summed E-state index contributed by atoms with van der Waals surface area (Å²) in [5, 5.41) is 21.6. The molecule has 5 nitrogen and oxygen atoms in total. The molecule has 0 amide bonds. The van der Waals surface area contributed by atoms with E-state index in [1.54, 1.807) is 18.3 Å². The Hall–Kier alpha value is -5.30. The van der Waals surface area contributed by atoms with Crippen LogP contribution < -0.4 is 0 Å². The van der Waals surface area contributed by atoms with Crippen LogP contribution in [0.4, 0.5) is 0 Å². The predicted octanol–water partition coefficient (Wildman–Crippen LogP) is 11.1. The maximum absolute atomic E-state index is 12.2. The molecule has 0 spiro atoms. The van der Waals surface area contributed by atoms with Gasteiger partial charge in [0.25, 0.3) is 0 Å². The first-order chi connectivity index (χ1) is 23.9. The van der Waals surface area contributed by atoms with E-state index in [2.05, 4.69) is 130 Å². The van der Waals surface area contributed by atoms with E-state index < -0.39 is 0 Å². The first-order valence-corrected chi connectivity index (χ1v) is 16.9. The first-order valence-electron chi connectivity index (χ1n) is 16.9. The van der Waals surface area contributed by atoms with E-state index in [-0.39, 0.29) is 37.6 Å². The molecule has 7 rings (SSSR count). The van der Waals surface area contributed by atoms with E-state index in [9.17, 15) is 10.4 Å². The maximum Gasteiger partial charge on any atom is 0.148 e. The average Bonchev–Trinajstić information content (AvgIpc) is 3.50. The minimum atomic E-state index is -0.309. The minimum absolute atomic E-state index is 0. The molecule has 2 heterocycles. The van der Waals surface area contributed by atoms with Crippen LogP contribution in [0.5, 0.6) is 5.75 Å². The van der Waals surface area contributed by atoms with Gasteiger partial charge in [-0.3, -0.25) is 9.55 Å². The van der Waals surface area contributed by atoms with Crippen molar-refractivity contribution in [1.82, 2.24) is 14.5 Å². The van der Waals surface area contributed by atoms with Gasteiger partial charge in [0.05, 0.1) is 28.4 Å². The van der Waals surface area contributed by atoms with Crippen LogP contribution in [0.15, 0.2) is 121 Å². The molecule has 1 N–H and O–H groups in total. The fourth-order valence-electron chi connectivity index (χ4n) is 6.50. The summed E-state index contributed by atoms with van der Waals surface area (Å²) < 4.78 is 2.19. The van der Waals surface area contributed by atoms with Crippen LogP contribution in [0.1, 0.15) is 58.2 Å². The van der Waals surface area contributed by atoms with Gasteiger partial charge in [0, 0.05) is 49.6 Å². The topological polar surface area (TPSA) is 74.7 Å². The normalized spacial score (nSPS) is 11.6. The quantitative estimate of drug-likeness (QED) is 0.175. The average molecular weight is 847 g/mol. The van der Waals surface area contributed by atoms with Gasteiger partial charge in [-0.25, -0.2) is 4.98 Å². The third-order valence-electron chi connectivity index (χ3n) is 9.19. The van der Waals surface area contributed by atoms with Crippen LogP contribution in [0.3, 0.4) is 0 Å². The Labute approximate surface area is 314 Å². The van der Waals surface area contributed by atoms with Crippen molar-refractivity contribution in [3.8, 4) is 62.4 Å². The van der Waals surface area contributed by atoms with Crippen LogP contribution >= 0.6 is 0 Å². The van der Waals surface area contributed by atoms with E-state index in [0.717, 1.165) is 55.7 Å². The minimum Gasteiger partial charge on any atom is -0.507 e. The van der Waals surface area contributed by atoms with E-state index in [0.29, 0.717) is 22.6 Å². The Morgan fingerprint density at radius 2 is 1.39 bits per heavy atom. The fourth-order valence-corrected chi connectivity index (χ4v) is 6.50. The number of hydrogen-bond donors (Lipinski definition) is 1. The number of rotatable bonds is 5. The van der Waals surface area contributed by atoms with Gasteiger partial charge < -0.3 is 5.11 Å². The number of aromatic hydroxyl groups is 1.